The summed E-state index contributed by atoms with van der Waals surface area (Å²) in [6.45, 7) is 9.33. The third kappa shape index (κ3) is 5.10. The van der Waals surface area contributed by atoms with Crippen molar-refractivity contribution in [2.24, 2.45) is 0 Å². The van der Waals surface area contributed by atoms with Crippen molar-refractivity contribution < 1.29 is 14.3 Å². The largest absolute Gasteiger partial charge is 0.497 e. The lowest BCUT2D eigenvalue weighted by Gasteiger charge is -2.40. The molecule has 0 radical (unpaired) electrons. The van der Waals surface area contributed by atoms with Gasteiger partial charge >= 0.3 is 0 Å². The van der Waals surface area contributed by atoms with Crippen molar-refractivity contribution in [3.63, 3.8) is 0 Å². The van der Waals surface area contributed by atoms with Crippen molar-refractivity contribution in [3.05, 3.63) is 65.2 Å². The second kappa shape index (κ2) is 11.0. The number of ether oxygens (including phenoxy) is 1. The lowest BCUT2D eigenvalue weighted by atomic mass is 9.79. The minimum atomic E-state index is -0.472. The van der Waals surface area contributed by atoms with E-state index in [0.29, 0.717) is 12.1 Å². The fourth-order valence-electron chi connectivity index (χ4n) is 5.13. The van der Waals surface area contributed by atoms with Crippen molar-refractivity contribution in [2.75, 3.05) is 60.0 Å². The van der Waals surface area contributed by atoms with Crippen LogP contribution in [0.4, 0.5) is 0 Å². The number of nitrogens with one attached hydrogen (secondary N) is 1. The Morgan fingerprint density at radius 2 is 1.71 bits per heavy atom. The Morgan fingerprint density at radius 3 is 2.38 bits per heavy atom. The van der Waals surface area contributed by atoms with Gasteiger partial charge in [-0.15, -0.1) is 0 Å². The van der Waals surface area contributed by atoms with Gasteiger partial charge in [0.25, 0.3) is 5.91 Å². The van der Waals surface area contributed by atoms with E-state index in [2.05, 4.69) is 22.0 Å². The highest BCUT2D eigenvalue weighted by Gasteiger charge is 2.42. The minimum Gasteiger partial charge on any atom is -0.497 e. The predicted octanol–water partition coefficient (Wildman–Crippen LogP) is 2.75. The SMILES string of the molecule is CCN1CCN(CCCNC(=O)[C@@H]2c3ccccc3C(=O)N(C)[C@H]2c2ccc(OC)cc2)CC1. The van der Waals surface area contributed by atoms with Crippen molar-refractivity contribution in [1.82, 2.24) is 20.0 Å². The predicted molar refractivity (Wildman–Crippen MR) is 133 cm³/mol. The molecular formula is C27H36N4O3. The summed E-state index contributed by atoms with van der Waals surface area (Å²) in [6.07, 6.45) is 0.911. The first-order chi connectivity index (χ1) is 16.5. The van der Waals surface area contributed by atoms with Gasteiger partial charge in [-0.3, -0.25) is 9.59 Å². The van der Waals surface area contributed by atoms with E-state index in [1.54, 1.807) is 19.1 Å². The maximum Gasteiger partial charge on any atom is 0.254 e. The first kappa shape index (κ1) is 24.2. The Hall–Kier alpha value is -2.90. The standard InChI is InChI=1S/C27H36N4O3/c1-4-30-16-18-31(19-17-30)15-7-14-28-26(32)24-22-8-5-6-9-23(22)27(33)29(2)25(24)20-10-12-21(34-3)13-11-20/h5-6,8-13,24-25H,4,7,14-19H2,1-3H3,(H,28,32)/t24-,25+/m1/s1. The number of nitrogens with zero attached hydrogens (tertiary/aromatic N) is 3. The summed E-state index contributed by atoms with van der Waals surface area (Å²) in [4.78, 5) is 33.3. The Morgan fingerprint density at radius 1 is 1.03 bits per heavy atom. The molecule has 0 bridgehead atoms. The number of hydrogen-bond donors (Lipinski definition) is 1. The van der Waals surface area contributed by atoms with Crippen LogP contribution in [0.3, 0.4) is 0 Å². The topological polar surface area (TPSA) is 65.1 Å². The van der Waals surface area contributed by atoms with Crippen molar-refractivity contribution >= 4 is 11.8 Å². The number of carbonyl (C=O) groups is 2. The molecule has 1 saturated heterocycles. The van der Waals surface area contributed by atoms with E-state index in [4.69, 9.17) is 4.74 Å². The van der Waals surface area contributed by atoms with Gasteiger partial charge in [-0.25, -0.2) is 0 Å². The summed E-state index contributed by atoms with van der Waals surface area (Å²) < 4.78 is 5.30. The number of carbonyl (C=O) groups excluding carboxylic acids is 2. The highest BCUT2D eigenvalue weighted by molar-refractivity contribution is 6.01. The molecule has 2 aromatic carbocycles. The smallest absolute Gasteiger partial charge is 0.254 e. The molecule has 4 rings (SSSR count). The second-order valence-electron chi connectivity index (χ2n) is 9.12. The van der Waals surface area contributed by atoms with Crippen LogP contribution in [-0.2, 0) is 4.79 Å². The Balaban J connectivity index is 1.47. The number of benzene rings is 2. The minimum absolute atomic E-state index is 0.0385. The zero-order valence-corrected chi connectivity index (χ0v) is 20.5. The van der Waals surface area contributed by atoms with Crippen LogP contribution >= 0.6 is 0 Å². The van der Waals surface area contributed by atoms with Crippen LogP contribution in [0.25, 0.3) is 0 Å². The van der Waals surface area contributed by atoms with E-state index in [1.165, 1.54) is 0 Å². The van der Waals surface area contributed by atoms with Crippen LogP contribution in [0.1, 0.15) is 46.8 Å². The number of likely N-dealkylation sites (N-methyl/N-ethyl adjacent to an activating group) is 2. The van der Waals surface area contributed by atoms with Gasteiger partial charge in [0.05, 0.1) is 19.1 Å². The van der Waals surface area contributed by atoms with Crippen molar-refractivity contribution in [2.45, 2.75) is 25.3 Å². The van der Waals surface area contributed by atoms with Crippen LogP contribution in [0.2, 0.25) is 0 Å². The third-order valence-electron chi connectivity index (χ3n) is 7.18. The van der Waals surface area contributed by atoms with E-state index in [9.17, 15) is 9.59 Å². The summed E-state index contributed by atoms with van der Waals surface area (Å²) >= 11 is 0. The lowest BCUT2D eigenvalue weighted by molar-refractivity contribution is -0.124. The van der Waals surface area contributed by atoms with Gasteiger partial charge in [0, 0.05) is 45.3 Å². The maximum absolute atomic E-state index is 13.6. The first-order valence-corrected chi connectivity index (χ1v) is 12.3. The summed E-state index contributed by atoms with van der Waals surface area (Å²) in [5.41, 5.74) is 2.31. The molecule has 1 fully saturated rings. The molecule has 0 aliphatic carbocycles. The summed E-state index contributed by atoms with van der Waals surface area (Å²) in [5.74, 6) is 0.171. The average Bonchev–Trinajstić information content (AvgIpc) is 2.89. The highest BCUT2D eigenvalue weighted by atomic mass is 16.5. The maximum atomic E-state index is 13.6. The van der Waals surface area contributed by atoms with Gasteiger partial charge in [0.2, 0.25) is 5.91 Å². The van der Waals surface area contributed by atoms with Gasteiger partial charge in [-0.1, -0.05) is 37.3 Å². The number of fused-ring (bicyclic) bond motifs is 1. The van der Waals surface area contributed by atoms with Crippen LogP contribution < -0.4 is 10.1 Å². The molecule has 34 heavy (non-hydrogen) atoms. The number of amides is 2. The quantitative estimate of drug-likeness (QED) is 0.609. The first-order valence-electron chi connectivity index (χ1n) is 12.3. The van der Waals surface area contributed by atoms with E-state index in [1.807, 2.05) is 48.5 Å². The van der Waals surface area contributed by atoms with Crippen LogP contribution in [0, 0.1) is 0 Å². The molecule has 1 N–H and O–H groups in total. The van der Waals surface area contributed by atoms with E-state index >= 15 is 0 Å². The molecule has 0 unspecified atom stereocenters. The normalized spacial score (nSPS) is 21.3. The van der Waals surface area contributed by atoms with Gasteiger partial charge < -0.3 is 24.8 Å². The van der Waals surface area contributed by atoms with Crippen molar-refractivity contribution in [1.29, 1.82) is 0 Å². The van der Waals surface area contributed by atoms with E-state index in [-0.39, 0.29) is 17.9 Å². The molecule has 2 aromatic rings. The molecule has 0 spiro atoms. The molecule has 2 amide bonds. The zero-order chi connectivity index (χ0) is 24.1. The zero-order valence-electron chi connectivity index (χ0n) is 20.5. The molecule has 7 heteroatoms. The van der Waals surface area contributed by atoms with Crippen LogP contribution in [-0.4, -0.2) is 86.5 Å². The molecule has 0 aromatic heterocycles. The Kier molecular flexibility index (Phi) is 7.85. The lowest BCUT2D eigenvalue weighted by Crippen LogP contribution is -2.47. The Bertz CT molecular complexity index is 986. The van der Waals surface area contributed by atoms with Crippen molar-refractivity contribution in [3.8, 4) is 5.75 Å². The number of hydrogen-bond acceptors (Lipinski definition) is 5. The monoisotopic (exact) mass is 464 g/mol. The van der Waals surface area contributed by atoms with Gasteiger partial charge in [0.15, 0.2) is 0 Å². The average molecular weight is 465 g/mol. The number of piperazine rings is 1. The van der Waals surface area contributed by atoms with E-state index < -0.39 is 5.92 Å². The Labute approximate surface area is 202 Å². The highest BCUT2D eigenvalue weighted by Crippen LogP contribution is 2.42. The molecule has 2 aliphatic heterocycles. The van der Waals surface area contributed by atoms with Gasteiger partial charge in [-0.2, -0.15) is 0 Å². The fraction of sp³-hybridized carbons (Fsp3) is 0.481. The molecule has 2 aliphatic rings. The molecule has 2 atom stereocenters. The van der Waals surface area contributed by atoms with Gasteiger partial charge in [-0.05, 0) is 48.8 Å². The third-order valence-corrected chi connectivity index (χ3v) is 7.18. The van der Waals surface area contributed by atoms with E-state index in [0.717, 1.165) is 62.6 Å². The van der Waals surface area contributed by atoms with Crippen LogP contribution in [0.5, 0.6) is 5.75 Å². The second-order valence-corrected chi connectivity index (χ2v) is 9.12. The van der Waals surface area contributed by atoms with Gasteiger partial charge in [0.1, 0.15) is 5.75 Å². The molecular weight excluding hydrogens is 428 g/mol. The fourth-order valence-corrected chi connectivity index (χ4v) is 5.13. The summed E-state index contributed by atoms with van der Waals surface area (Å²) in [6, 6.07) is 14.7. The molecule has 2 heterocycles. The van der Waals surface area contributed by atoms with Crippen LogP contribution in [0.15, 0.2) is 48.5 Å². The molecule has 0 saturated carbocycles. The number of rotatable bonds is 8. The summed E-state index contributed by atoms with van der Waals surface area (Å²) in [5, 5.41) is 3.17. The molecule has 7 nitrogen and oxygen atoms in total. The number of methoxy groups -OCH3 is 1. The molecule has 182 valence electrons. The summed E-state index contributed by atoms with van der Waals surface area (Å²) in [7, 11) is 3.41.